The number of piperidine rings is 1. The average Bonchev–Trinajstić information content (AvgIpc) is 3.01. The van der Waals surface area contributed by atoms with Crippen LogP contribution in [0.5, 0.6) is 0 Å². The molecule has 1 N–H and O–H groups in total. The van der Waals surface area contributed by atoms with Gasteiger partial charge < -0.3 is 9.71 Å². The van der Waals surface area contributed by atoms with Crippen LogP contribution in [0.25, 0.3) is 10.9 Å². The zero-order valence-corrected chi connectivity index (χ0v) is 17.8. The maximum Gasteiger partial charge on any atom is 0.305 e. The van der Waals surface area contributed by atoms with Crippen molar-refractivity contribution in [1.29, 1.82) is 0 Å². The minimum atomic E-state index is -3.70. The predicted octanol–water partition coefficient (Wildman–Crippen LogP) is 1.66. The summed E-state index contributed by atoms with van der Waals surface area (Å²) >= 11 is 0. The molecule has 7 nitrogen and oxygen atoms in total. The zero-order valence-electron chi connectivity index (χ0n) is 17.0. The number of hydrogen-bond donors (Lipinski definition) is 1. The maximum absolute atomic E-state index is 13.0. The van der Waals surface area contributed by atoms with Crippen molar-refractivity contribution in [3.63, 3.8) is 0 Å². The Morgan fingerprint density at radius 2 is 1.97 bits per heavy atom. The van der Waals surface area contributed by atoms with Crippen LogP contribution in [0.3, 0.4) is 0 Å². The quantitative estimate of drug-likeness (QED) is 0.773. The van der Waals surface area contributed by atoms with Gasteiger partial charge in [0.25, 0.3) is 5.91 Å². The molecular weight excluding hydrogens is 387 g/mol. The summed E-state index contributed by atoms with van der Waals surface area (Å²) in [6.45, 7) is 6.86. The summed E-state index contributed by atoms with van der Waals surface area (Å²) in [5.41, 5.74) is 2.83. The number of rotatable bonds is 4. The molecule has 0 spiro atoms. The van der Waals surface area contributed by atoms with E-state index in [9.17, 15) is 13.2 Å². The van der Waals surface area contributed by atoms with Gasteiger partial charge in [0.2, 0.25) is 0 Å². The lowest BCUT2D eigenvalue weighted by atomic mass is 9.98. The van der Waals surface area contributed by atoms with Gasteiger partial charge in [-0.1, -0.05) is 13.8 Å². The Morgan fingerprint density at radius 1 is 1.24 bits per heavy atom. The van der Waals surface area contributed by atoms with Gasteiger partial charge in [-0.3, -0.25) is 4.79 Å². The second-order valence-corrected chi connectivity index (χ2v) is 9.72. The number of carbonyl (C=O) groups excluding carboxylic acids is 1. The van der Waals surface area contributed by atoms with E-state index < -0.39 is 10.2 Å². The van der Waals surface area contributed by atoms with E-state index in [0.717, 1.165) is 42.6 Å². The Labute approximate surface area is 173 Å². The molecule has 0 atom stereocenters. The van der Waals surface area contributed by atoms with Crippen LogP contribution in [0, 0.1) is 5.92 Å². The fraction of sp³-hybridized carbons (Fsp3) is 0.550. The molecule has 1 aromatic carbocycles. The van der Waals surface area contributed by atoms with Crippen LogP contribution < -0.4 is 4.72 Å². The monoisotopic (exact) mass is 414 g/mol. The van der Waals surface area contributed by atoms with Crippen molar-refractivity contribution in [2.75, 3.05) is 26.2 Å². The van der Waals surface area contributed by atoms with Gasteiger partial charge in [-0.05, 0) is 49.1 Å². The number of carbonyl (C=O) groups is 1. The highest BCUT2D eigenvalue weighted by Gasteiger charge is 2.29. The van der Waals surface area contributed by atoms with Crippen LogP contribution in [0.1, 0.15) is 48.3 Å². The van der Waals surface area contributed by atoms with Gasteiger partial charge in [0.1, 0.15) is 0 Å². The molecule has 9 heteroatoms. The fourth-order valence-electron chi connectivity index (χ4n) is 4.39. The first-order chi connectivity index (χ1) is 13.8. The Kier molecular flexibility index (Phi) is 5.48. The molecule has 0 aliphatic carbocycles. The Bertz CT molecular complexity index is 1040. The maximum atomic E-state index is 13.0. The number of likely N-dealkylation sites (tertiary alicyclic amines) is 1. The van der Waals surface area contributed by atoms with Gasteiger partial charge in [-0.15, -0.1) is 0 Å². The first-order valence-corrected chi connectivity index (χ1v) is 11.7. The molecule has 1 saturated heterocycles. The first kappa shape index (κ1) is 20.4. The summed E-state index contributed by atoms with van der Waals surface area (Å²) in [5.74, 6) is 0.657. The smallest absolute Gasteiger partial charge is 0.305 e. The molecular formula is C20H27BN4O3S. The second kappa shape index (κ2) is 7.77. The van der Waals surface area contributed by atoms with Gasteiger partial charge in [0.15, 0.2) is 7.98 Å². The van der Waals surface area contributed by atoms with E-state index in [2.05, 4.69) is 11.6 Å². The van der Waals surface area contributed by atoms with Crippen LogP contribution in [0.15, 0.2) is 18.2 Å². The van der Waals surface area contributed by atoms with E-state index in [4.69, 9.17) is 7.98 Å². The third-order valence-corrected chi connectivity index (χ3v) is 7.57. The molecule has 2 aliphatic rings. The molecule has 2 aromatic rings. The van der Waals surface area contributed by atoms with E-state index in [0.29, 0.717) is 43.1 Å². The van der Waals surface area contributed by atoms with E-state index in [1.54, 1.807) is 23.9 Å². The highest BCUT2D eigenvalue weighted by molar-refractivity contribution is 7.88. The van der Waals surface area contributed by atoms with Crippen LogP contribution in [-0.2, 0) is 23.2 Å². The van der Waals surface area contributed by atoms with Crippen molar-refractivity contribution in [3.05, 3.63) is 35.0 Å². The Hall–Kier alpha value is -1.84. The predicted molar refractivity (Wildman–Crippen MR) is 114 cm³/mol. The number of nitrogens with one attached hydrogen (secondary N) is 1. The lowest BCUT2D eigenvalue weighted by Crippen LogP contribution is -2.37. The Balaban J connectivity index is 1.80. The zero-order chi connectivity index (χ0) is 20.8. The van der Waals surface area contributed by atoms with Crippen molar-refractivity contribution in [2.45, 2.75) is 39.7 Å². The summed E-state index contributed by atoms with van der Waals surface area (Å²) in [5, 5.41) is 0.785. The van der Waals surface area contributed by atoms with Crippen molar-refractivity contribution in [1.82, 2.24) is 18.4 Å². The molecule has 1 amide bonds. The summed E-state index contributed by atoms with van der Waals surface area (Å²) in [6.07, 6.45) is 2.57. The van der Waals surface area contributed by atoms with Crippen LogP contribution in [0.4, 0.5) is 0 Å². The van der Waals surface area contributed by atoms with Crippen LogP contribution in [-0.4, -0.2) is 62.2 Å². The summed E-state index contributed by atoms with van der Waals surface area (Å²) in [4.78, 5) is 16.6. The van der Waals surface area contributed by atoms with Crippen LogP contribution in [0.2, 0.25) is 0 Å². The SMILES string of the molecule is [B]N1CCc2c(c3cc(C(=O)N4CCC(C)CC4)ccc3n2S(=O)(=O)NCC)C1. The number of nitrogens with zero attached hydrogens (tertiary/aromatic N) is 3. The number of fused-ring (bicyclic) bond motifs is 3. The van der Waals surface area contributed by atoms with Crippen molar-refractivity contribution < 1.29 is 13.2 Å². The molecule has 2 aliphatic heterocycles. The standard InChI is InChI=1S/C20H27BN4O3S/c1-3-22-29(27,28)25-18-5-4-15(20(26)23-9-6-14(2)7-10-23)12-16(18)17-13-24(21)11-8-19(17)25/h4-5,12,14,22H,3,6-11,13H2,1-2H3. The molecule has 3 heterocycles. The number of hydrogen-bond acceptors (Lipinski definition) is 4. The van der Waals surface area contributed by atoms with Gasteiger partial charge in [-0.2, -0.15) is 13.1 Å². The minimum Gasteiger partial charge on any atom is -0.349 e. The van der Waals surface area contributed by atoms with E-state index in [1.807, 2.05) is 11.0 Å². The summed E-state index contributed by atoms with van der Waals surface area (Å²) < 4.78 is 29.8. The lowest BCUT2D eigenvalue weighted by Gasteiger charge is -2.30. The van der Waals surface area contributed by atoms with Crippen LogP contribution >= 0.6 is 0 Å². The minimum absolute atomic E-state index is 0.00949. The summed E-state index contributed by atoms with van der Waals surface area (Å²) in [7, 11) is 2.33. The third kappa shape index (κ3) is 3.71. The molecule has 0 unspecified atom stereocenters. The van der Waals surface area contributed by atoms with Gasteiger partial charge in [-0.25, -0.2) is 3.97 Å². The first-order valence-electron chi connectivity index (χ1n) is 10.3. The van der Waals surface area contributed by atoms with E-state index in [1.165, 1.54) is 3.97 Å². The van der Waals surface area contributed by atoms with Gasteiger partial charge in [0, 0.05) is 49.2 Å². The third-order valence-electron chi connectivity index (χ3n) is 6.02. The normalized spacial score (nSPS) is 18.9. The van der Waals surface area contributed by atoms with Crippen molar-refractivity contribution >= 4 is 35.0 Å². The van der Waals surface area contributed by atoms with Gasteiger partial charge >= 0.3 is 10.2 Å². The molecule has 0 saturated carbocycles. The number of amides is 1. The summed E-state index contributed by atoms with van der Waals surface area (Å²) in [6, 6.07) is 5.33. The molecule has 154 valence electrons. The molecule has 2 radical (unpaired) electrons. The fourth-order valence-corrected chi connectivity index (χ4v) is 5.79. The van der Waals surface area contributed by atoms with Gasteiger partial charge in [0.05, 0.1) is 5.52 Å². The molecule has 1 aromatic heterocycles. The number of aromatic nitrogens is 1. The topological polar surface area (TPSA) is 74.7 Å². The number of benzene rings is 1. The van der Waals surface area contributed by atoms with E-state index in [-0.39, 0.29) is 5.91 Å². The highest BCUT2D eigenvalue weighted by Crippen LogP contribution is 2.33. The lowest BCUT2D eigenvalue weighted by molar-refractivity contribution is 0.0697. The molecule has 4 rings (SSSR count). The van der Waals surface area contributed by atoms with Crippen molar-refractivity contribution in [3.8, 4) is 0 Å². The highest BCUT2D eigenvalue weighted by atomic mass is 32.2. The molecule has 0 bridgehead atoms. The second-order valence-electron chi connectivity index (χ2n) is 8.12. The molecule has 1 fully saturated rings. The Morgan fingerprint density at radius 3 is 2.66 bits per heavy atom. The molecule has 29 heavy (non-hydrogen) atoms. The van der Waals surface area contributed by atoms with Crippen molar-refractivity contribution in [2.24, 2.45) is 5.92 Å². The largest absolute Gasteiger partial charge is 0.349 e. The average molecular weight is 414 g/mol. The van der Waals surface area contributed by atoms with E-state index >= 15 is 0 Å².